The van der Waals surface area contributed by atoms with Crippen molar-refractivity contribution in [3.63, 3.8) is 0 Å². The first-order valence-corrected chi connectivity index (χ1v) is 4.38. The topological polar surface area (TPSA) is 78.5 Å². The molecule has 4 heteroatoms. The highest BCUT2D eigenvalue weighted by atomic mass is 14.9. The second-order valence-electron chi connectivity index (χ2n) is 3.07. The number of aromatic nitrogens is 2. The van der Waals surface area contributed by atoms with Crippen LogP contribution in [0.1, 0.15) is 11.4 Å². The summed E-state index contributed by atoms with van der Waals surface area (Å²) in [6.07, 6.45) is 0.312. The van der Waals surface area contributed by atoms with Gasteiger partial charge in [-0.05, 0) is 17.7 Å². The lowest BCUT2D eigenvalue weighted by Gasteiger charge is -1.94. The Hall–Kier alpha value is -1.86. The average Bonchev–Trinajstić information content (AvgIpc) is 2.59. The molecule has 0 spiro atoms. The molecule has 1 heterocycles. The van der Waals surface area contributed by atoms with E-state index < -0.39 is 0 Å². The second kappa shape index (κ2) is 3.48. The Morgan fingerprint density at radius 1 is 1.50 bits per heavy atom. The number of H-pyrrole nitrogens is 1. The molecule has 1 aromatic carbocycles. The zero-order valence-corrected chi connectivity index (χ0v) is 7.62. The van der Waals surface area contributed by atoms with Gasteiger partial charge in [-0.15, -0.1) is 0 Å². The molecule has 0 radical (unpaired) electrons. The van der Waals surface area contributed by atoms with Crippen LogP contribution in [0.15, 0.2) is 18.2 Å². The van der Waals surface area contributed by atoms with Crippen molar-refractivity contribution >= 4 is 11.0 Å². The van der Waals surface area contributed by atoms with Crippen molar-refractivity contribution in [1.29, 1.82) is 5.26 Å². The van der Waals surface area contributed by atoms with Gasteiger partial charge in [0.1, 0.15) is 5.82 Å². The number of nitrogens with one attached hydrogen (secondary N) is 1. The second-order valence-corrected chi connectivity index (χ2v) is 3.07. The number of imidazole rings is 1. The number of rotatable bonds is 2. The number of benzene rings is 1. The average molecular weight is 186 g/mol. The van der Waals surface area contributed by atoms with E-state index in [9.17, 15) is 0 Å². The van der Waals surface area contributed by atoms with Gasteiger partial charge in [-0.25, -0.2) is 4.98 Å². The Labute approximate surface area is 81.4 Å². The molecule has 70 valence electrons. The SMILES string of the molecule is N#CCc1nc2ccc(CN)cc2[nH]1. The summed E-state index contributed by atoms with van der Waals surface area (Å²) >= 11 is 0. The fraction of sp³-hybridized carbons (Fsp3) is 0.200. The molecule has 14 heavy (non-hydrogen) atoms. The third-order valence-corrected chi connectivity index (χ3v) is 2.08. The fourth-order valence-electron chi connectivity index (χ4n) is 1.40. The Kier molecular flexibility index (Phi) is 2.17. The molecule has 0 aliphatic rings. The van der Waals surface area contributed by atoms with Crippen LogP contribution < -0.4 is 5.73 Å². The van der Waals surface area contributed by atoms with Gasteiger partial charge in [0.05, 0.1) is 23.5 Å². The largest absolute Gasteiger partial charge is 0.341 e. The summed E-state index contributed by atoms with van der Waals surface area (Å²) in [7, 11) is 0. The Bertz CT molecular complexity index is 492. The van der Waals surface area contributed by atoms with Crippen molar-refractivity contribution in [3.8, 4) is 6.07 Å². The van der Waals surface area contributed by atoms with Crippen LogP contribution in [0.4, 0.5) is 0 Å². The van der Waals surface area contributed by atoms with Gasteiger partial charge in [0.2, 0.25) is 0 Å². The van der Waals surface area contributed by atoms with Crippen LogP contribution in [-0.2, 0) is 13.0 Å². The van der Waals surface area contributed by atoms with Crippen LogP contribution in [0, 0.1) is 11.3 Å². The predicted octanol–water partition coefficient (Wildman–Crippen LogP) is 1.09. The van der Waals surface area contributed by atoms with E-state index in [1.54, 1.807) is 0 Å². The Morgan fingerprint density at radius 3 is 3.07 bits per heavy atom. The number of hydrogen-bond donors (Lipinski definition) is 2. The number of nitrogens with two attached hydrogens (primary N) is 1. The van der Waals surface area contributed by atoms with Crippen LogP contribution in [0.5, 0.6) is 0 Å². The molecule has 0 aliphatic heterocycles. The molecule has 1 aromatic heterocycles. The molecular formula is C10H10N4. The quantitative estimate of drug-likeness (QED) is 0.736. The lowest BCUT2D eigenvalue weighted by molar-refractivity contribution is 1.07. The Balaban J connectivity index is 2.50. The molecule has 2 aromatic rings. The summed E-state index contributed by atoms with van der Waals surface area (Å²) in [4.78, 5) is 7.34. The summed E-state index contributed by atoms with van der Waals surface area (Å²) < 4.78 is 0. The maximum Gasteiger partial charge on any atom is 0.121 e. The molecule has 3 N–H and O–H groups in total. The molecule has 0 atom stereocenters. The molecule has 0 aliphatic carbocycles. The molecule has 0 amide bonds. The van der Waals surface area contributed by atoms with Crippen LogP contribution in [0.2, 0.25) is 0 Å². The molecular weight excluding hydrogens is 176 g/mol. The highest BCUT2D eigenvalue weighted by molar-refractivity contribution is 5.75. The predicted molar refractivity (Wildman–Crippen MR) is 53.3 cm³/mol. The van der Waals surface area contributed by atoms with E-state index in [-0.39, 0.29) is 0 Å². The smallest absolute Gasteiger partial charge is 0.121 e. The van der Waals surface area contributed by atoms with E-state index in [1.165, 1.54) is 0 Å². The number of nitrogens with zero attached hydrogens (tertiary/aromatic N) is 2. The van der Waals surface area contributed by atoms with E-state index in [0.29, 0.717) is 18.8 Å². The van der Waals surface area contributed by atoms with Crippen LogP contribution >= 0.6 is 0 Å². The molecule has 2 rings (SSSR count). The van der Waals surface area contributed by atoms with Crippen molar-refractivity contribution in [1.82, 2.24) is 9.97 Å². The molecule has 0 saturated carbocycles. The molecule has 0 fully saturated rings. The van der Waals surface area contributed by atoms with E-state index in [0.717, 1.165) is 16.6 Å². The van der Waals surface area contributed by atoms with Crippen molar-refractivity contribution in [2.45, 2.75) is 13.0 Å². The van der Waals surface area contributed by atoms with Crippen LogP contribution in [0.3, 0.4) is 0 Å². The lowest BCUT2D eigenvalue weighted by Crippen LogP contribution is -1.95. The maximum absolute atomic E-state index is 8.52. The first-order valence-electron chi connectivity index (χ1n) is 4.38. The number of hydrogen-bond acceptors (Lipinski definition) is 3. The first-order chi connectivity index (χ1) is 6.83. The summed E-state index contributed by atoms with van der Waals surface area (Å²) in [5, 5.41) is 8.52. The Morgan fingerprint density at radius 2 is 2.36 bits per heavy atom. The highest BCUT2D eigenvalue weighted by Gasteiger charge is 2.02. The van der Waals surface area contributed by atoms with Gasteiger partial charge in [0.15, 0.2) is 0 Å². The van der Waals surface area contributed by atoms with Crippen LogP contribution in [0.25, 0.3) is 11.0 Å². The van der Waals surface area contributed by atoms with Gasteiger partial charge in [0, 0.05) is 6.54 Å². The van der Waals surface area contributed by atoms with E-state index >= 15 is 0 Å². The summed E-state index contributed by atoms with van der Waals surface area (Å²) in [5.74, 6) is 0.705. The molecule has 0 bridgehead atoms. The fourth-order valence-corrected chi connectivity index (χ4v) is 1.40. The molecule has 0 saturated heterocycles. The zero-order valence-electron chi connectivity index (χ0n) is 7.62. The third-order valence-electron chi connectivity index (χ3n) is 2.08. The minimum atomic E-state index is 0.312. The number of aromatic amines is 1. The maximum atomic E-state index is 8.52. The molecule has 0 unspecified atom stereocenters. The number of fused-ring (bicyclic) bond motifs is 1. The highest BCUT2D eigenvalue weighted by Crippen LogP contribution is 2.13. The van der Waals surface area contributed by atoms with E-state index in [4.69, 9.17) is 11.0 Å². The lowest BCUT2D eigenvalue weighted by atomic mass is 10.2. The van der Waals surface area contributed by atoms with Crippen molar-refractivity contribution in [2.24, 2.45) is 5.73 Å². The normalized spacial score (nSPS) is 10.3. The molecule has 4 nitrogen and oxygen atoms in total. The van der Waals surface area contributed by atoms with Gasteiger partial charge >= 0.3 is 0 Å². The van der Waals surface area contributed by atoms with Gasteiger partial charge in [-0.2, -0.15) is 5.26 Å². The summed E-state index contributed by atoms with van der Waals surface area (Å²) in [6.45, 7) is 0.516. The monoisotopic (exact) mass is 186 g/mol. The van der Waals surface area contributed by atoms with Gasteiger partial charge in [-0.1, -0.05) is 6.07 Å². The first kappa shape index (κ1) is 8.73. The van der Waals surface area contributed by atoms with Gasteiger partial charge in [-0.3, -0.25) is 0 Å². The van der Waals surface area contributed by atoms with Gasteiger partial charge < -0.3 is 10.7 Å². The third kappa shape index (κ3) is 1.45. The van der Waals surface area contributed by atoms with Gasteiger partial charge in [0.25, 0.3) is 0 Å². The van der Waals surface area contributed by atoms with Crippen molar-refractivity contribution in [3.05, 3.63) is 29.6 Å². The van der Waals surface area contributed by atoms with Crippen LogP contribution in [-0.4, -0.2) is 9.97 Å². The summed E-state index contributed by atoms with van der Waals surface area (Å²) in [5.41, 5.74) is 8.40. The van der Waals surface area contributed by atoms with E-state index in [2.05, 4.69) is 16.0 Å². The minimum Gasteiger partial charge on any atom is -0.341 e. The summed E-state index contributed by atoms with van der Waals surface area (Å²) in [6, 6.07) is 7.87. The van der Waals surface area contributed by atoms with E-state index in [1.807, 2.05) is 18.2 Å². The minimum absolute atomic E-state index is 0.312. The number of nitriles is 1. The zero-order chi connectivity index (χ0) is 9.97. The standard InChI is InChI=1S/C10H10N4/c11-4-3-10-13-8-2-1-7(6-12)5-9(8)14-10/h1-2,5H,3,6,12H2,(H,13,14). The van der Waals surface area contributed by atoms with Crippen molar-refractivity contribution < 1.29 is 0 Å². The van der Waals surface area contributed by atoms with Crippen molar-refractivity contribution in [2.75, 3.05) is 0 Å².